The number of aromatic nitrogens is 3. The van der Waals surface area contributed by atoms with Crippen LogP contribution in [0.3, 0.4) is 0 Å². The highest BCUT2D eigenvalue weighted by molar-refractivity contribution is 5.75. The normalized spacial score (nSPS) is 10.7. The molecule has 8 heteroatoms. The van der Waals surface area contributed by atoms with E-state index < -0.39 is 0 Å². The summed E-state index contributed by atoms with van der Waals surface area (Å²) >= 11 is 0. The van der Waals surface area contributed by atoms with Gasteiger partial charge in [0.05, 0.1) is 45.8 Å². The van der Waals surface area contributed by atoms with Crippen LogP contribution >= 0.6 is 0 Å². The monoisotopic (exact) mass is 286 g/mol. The number of ether oxygens (including phenoxy) is 3. The lowest BCUT2D eigenvalue weighted by atomic mass is 10.4. The van der Waals surface area contributed by atoms with Gasteiger partial charge in [0.15, 0.2) is 0 Å². The summed E-state index contributed by atoms with van der Waals surface area (Å²) in [4.78, 5) is 10.9. The van der Waals surface area contributed by atoms with Crippen molar-refractivity contribution in [3.05, 3.63) is 11.9 Å². The molecule has 0 bridgehead atoms. The summed E-state index contributed by atoms with van der Waals surface area (Å²) in [6.07, 6.45) is 2.11. The van der Waals surface area contributed by atoms with Gasteiger partial charge in [-0.15, -0.1) is 0 Å². The summed E-state index contributed by atoms with van der Waals surface area (Å²) in [6, 6.07) is 0. The molecule has 1 amide bonds. The van der Waals surface area contributed by atoms with E-state index in [1.165, 1.54) is 0 Å². The van der Waals surface area contributed by atoms with Crippen molar-refractivity contribution in [3.63, 3.8) is 0 Å². The van der Waals surface area contributed by atoms with Gasteiger partial charge in [-0.3, -0.25) is 4.79 Å². The third-order valence-corrected chi connectivity index (χ3v) is 2.35. The molecule has 0 saturated heterocycles. The number of hydrogen-bond acceptors (Lipinski definition) is 6. The SMILES string of the molecule is CCC(=O)NCCOCCOCCOCc1cn[nH]n1. The first kappa shape index (κ1) is 16.5. The zero-order chi connectivity index (χ0) is 14.5. The molecule has 1 rings (SSSR count). The van der Waals surface area contributed by atoms with Crippen molar-refractivity contribution in [2.24, 2.45) is 0 Å². The van der Waals surface area contributed by atoms with Crippen LogP contribution in [0.1, 0.15) is 19.0 Å². The summed E-state index contributed by atoms with van der Waals surface area (Å²) in [6.45, 7) is 5.29. The number of aromatic amines is 1. The molecule has 8 nitrogen and oxygen atoms in total. The van der Waals surface area contributed by atoms with Gasteiger partial charge in [-0.1, -0.05) is 6.92 Å². The van der Waals surface area contributed by atoms with Gasteiger partial charge in [0.25, 0.3) is 0 Å². The van der Waals surface area contributed by atoms with E-state index in [9.17, 15) is 4.79 Å². The largest absolute Gasteiger partial charge is 0.377 e. The highest BCUT2D eigenvalue weighted by Gasteiger charge is 1.97. The van der Waals surface area contributed by atoms with Gasteiger partial charge in [-0.25, -0.2) is 0 Å². The van der Waals surface area contributed by atoms with Crippen molar-refractivity contribution in [1.82, 2.24) is 20.7 Å². The first-order valence-electron chi connectivity index (χ1n) is 6.67. The molecule has 0 saturated carbocycles. The van der Waals surface area contributed by atoms with Gasteiger partial charge in [0.2, 0.25) is 5.91 Å². The van der Waals surface area contributed by atoms with Gasteiger partial charge in [0, 0.05) is 13.0 Å². The van der Waals surface area contributed by atoms with E-state index in [4.69, 9.17) is 14.2 Å². The molecule has 2 N–H and O–H groups in total. The van der Waals surface area contributed by atoms with E-state index in [1.807, 2.05) is 6.92 Å². The predicted octanol–water partition coefficient (Wildman–Crippen LogP) is -0.119. The Morgan fingerprint density at radius 3 is 2.55 bits per heavy atom. The molecule has 0 unspecified atom stereocenters. The Kier molecular flexibility index (Phi) is 9.37. The van der Waals surface area contributed by atoms with Gasteiger partial charge in [-0.2, -0.15) is 15.4 Å². The standard InChI is InChI=1S/C12H22N4O4/c1-2-12(17)13-3-4-18-5-6-19-7-8-20-10-11-9-14-16-15-11/h9H,2-8,10H2,1H3,(H,13,17)(H,14,15,16). The number of rotatable bonds is 12. The van der Waals surface area contributed by atoms with Crippen molar-refractivity contribution >= 4 is 5.91 Å². The lowest BCUT2D eigenvalue weighted by Crippen LogP contribution is -2.26. The maximum absolute atomic E-state index is 10.9. The van der Waals surface area contributed by atoms with Crippen LogP contribution in [0.15, 0.2) is 6.20 Å². The number of nitrogens with zero attached hydrogens (tertiary/aromatic N) is 2. The second kappa shape index (κ2) is 11.3. The minimum atomic E-state index is 0.0362. The van der Waals surface area contributed by atoms with Crippen molar-refractivity contribution < 1.29 is 19.0 Å². The third kappa shape index (κ3) is 8.57. The van der Waals surface area contributed by atoms with Crippen LogP contribution in [-0.4, -0.2) is 60.9 Å². The number of carbonyl (C=O) groups excluding carboxylic acids is 1. The second-order valence-electron chi connectivity index (χ2n) is 3.94. The molecule has 0 fully saturated rings. The minimum Gasteiger partial charge on any atom is -0.377 e. The number of nitrogens with one attached hydrogen (secondary N) is 2. The Labute approximate surface area is 118 Å². The van der Waals surface area contributed by atoms with E-state index in [0.29, 0.717) is 52.6 Å². The number of carbonyl (C=O) groups is 1. The van der Waals surface area contributed by atoms with Gasteiger partial charge in [-0.05, 0) is 0 Å². The fourth-order valence-corrected chi connectivity index (χ4v) is 1.30. The van der Waals surface area contributed by atoms with E-state index in [0.717, 1.165) is 5.69 Å². The molecule has 0 aliphatic rings. The van der Waals surface area contributed by atoms with Crippen molar-refractivity contribution in [1.29, 1.82) is 0 Å². The van der Waals surface area contributed by atoms with Gasteiger partial charge >= 0.3 is 0 Å². The van der Waals surface area contributed by atoms with Gasteiger partial charge in [0.1, 0.15) is 5.69 Å². The highest BCUT2D eigenvalue weighted by atomic mass is 16.5. The average Bonchev–Trinajstić information content (AvgIpc) is 2.97. The van der Waals surface area contributed by atoms with E-state index in [-0.39, 0.29) is 5.91 Å². The van der Waals surface area contributed by atoms with E-state index >= 15 is 0 Å². The van der Waals surface area contributed by atoms with Crippen LogP contribution in [0.2, 0.25) is 0 Å². The maximum Gasteiger partial charge on any atom is 0.219 e. The molecule has 0 aliphatic heterocycles. The third-order valence-electron chi connectivity index (χ3n) is 2.35. The Hall–Kier alpha value is -1.51. The van der Waals surface area contributed by atoms with Crippen molar-refractivity contribution in [3.8, 4) is 0 Å². The van der Waals surface area contributed by atoms with Crippen molar-refractivity contribution in [2.45, 2.75) is 20.0 Å². The van der Waals surface area contributed by atoms with Crippen molar-refractivity contribution in [2.75, 3.05) is 39.6 Å². The second-order valence-corrected chi connectivity index (χ2v) is 3.94. The zero-order valence-corrected chi connectivity index (χ0v) is 11.8. The topological polar surface area (TPSA) is 98.4 Å². The van der Waals surface area contributed by atoms with Crippen LogP contribution in [0.25, 0.3) is 0 Å². The minimum absolute atomic E-state index is 0.0362. The van der Waals surface area contributed by atoms with Crippen LogP contribution in [-0.2, 0) is 25.6 Å². The number of H-pyrrole nitrogens is 1. The fraction of sp³-hybridized carbons (Fsp3) is 0.750. The molecule has 1 heterocycles. The lowest BCUT2D eigenvalue weighted by molar-refractivity contribution is -0.121. The number of amides is 1. The molecule has 0 atom stereocenters. The summed E-state index contributed by atoms with van der Waals surface area (Å²) in [5, 5.41) is 12.8. The Morgan fingerprint density at radius 2 is 1.90 bits per heavy atom. The fourth-order valence-electron chi connectivity index (χ4n) is 1.30. The summed E-state index contributed by atoms with van der Waals surface area (Å²) in [7, 11) is 0. The Bertz CT molecular complexity index is 345. The summed E-state index contributed by atoms with van der Waals surface area (Å²) in [5.41, 5.74) is 0.766. The molecule has 0 aliphatic carbocycles. The summed E-state index contributed by atoms with van der Waals surface area (Å²) in [5.74, 6) is 0.0362. The quantitative estimate of drug-likeness (QED) is 0.520. The maximum atomic E-state index is 10.9. The average molecular weight is 286 g/mol. The Morgan fingerprint density at radius 1 is 1.20 bits per heavy atom. The number of hydrogen-bond donors (Lipinski definition) is 2. The molecule has 114 valence electrons. The molecule has 1 aromatic heterocycles. The summed E-state index contributed by atoms with van der Waals surface area (Å²) < 4.78 is 15.9. The molecule has 20 heavy (non-hydrogen) atoms. The Balaban J connectivity index is 1.75. The van der Waals surface area contributed by atoms with Crippen LogP contribution in [0, 0.1) is 0 Å². The molecular weight excluding hydrogens is 264 g/mol. The van der Waals surface area contributed by atoms with E-state index in [2.05, 4.69) is 20.7 Å². The molecular formula is C12H22N4O4. The van der Waals surface area contributed by atoms with E-state index in [1.54, 1.807) is 6.20 Å². The lowest BCUT2D eigenvalue weighted by Gasteiger charge is -2.06. The predicted molar refractivity (Wildman–Crippen MR) is 71.0 cm³/mol. The molecule has 1 aromatic rings. The van der Waals surface area contributed by atoms with Crippen LogP contribution < -0.4 is 5.32 Å². The first-order chi connectivity index (χ1) is 9.83. The van der Waals surface area contributed by atoms with Crippen LogP contribution in [0.5, 0.6) is 0 Å². The zero-order valence-electron chi connectivity index (χ0n) is 11.8. The molecule has 0 radical (unpaired) electrons. The first-order valence-corrected chi connectivity index (χ1v) is 6.67. The highest BCUT2D eigenvalue weighted by Crippen LogP contribution is 1.92. The molecule has 0 aromatic carbocycles. The smallest absolute Gasteiger partial charge is 0.219 e. The van der Waals surface area contributed by atoms with Crippen LogP contribution in [0.4, 0.5) is 0 Å². The van der Waals surface area contributed by atoms with Gasteiger partial charge < -0.3 is 19.5 Å². The molecule has 0 spiro atoms.